The molecule has 0 aliphatic heterocycles. The van der Waals surface area contributed by atoms with E-state index in [9.17, 15) is 9.59 Å². The number of carbonyl (C=O) groups is 1. The average Bonchev–Trinajstić information content (AvgIpc) is 3.22. The molecule has 0 fully saturated rings. The molecule has 4 aromatic rings. The van der Waals surface area contributed by atoms with Gasteiger partial charge in [0.15, 0.2) is 0 Å². The van der Waals surface area contributed by atoms with E-state index in [1.165, 1.54) is 0 Å². The second kappa shape index (κ2) is 9.78. The minimum atomic E-state index is -0.169. The molecule has 1 atom stereocenters. The summed E-state index contributed by atoms with van der Waals surface area (Å²) in [6.45, 7) is 0.449. The van der Waals surface area contributed by atoms with Crippen LogP contribution >= 0.6 is 11.8 Å². The summed E-state index contributed by atoms with van der Waals surface area (Å²) in [5.74, 6) is 1.65. The highest BCUT2D eigenvalue weighted by Crippen LogP contribution is 2.20. The van der Waals surface area contributed by atoms with Crippen molar-refractivity contribution in [1.29, 1.82) is 0 Å². The maximum atomic E-state index is 12.6. The van der Waals surface area contributed by atoms with Gasteiger partial charge in [-0.1, -0.05) is 24.3 Å². The Morgan fingerprint density at radius 1 is 1.16 bits per heavy atom. The zero-order valence-corrected chi connectivity index (χ0v) is 18.2. The monoisotopic (exact) mass is 435 g/mol. The highest BCUT2D eigenvalue weighted by Gasteiger charge is 2.18. The fourth-order valence-corrected chi connectivity index (χ4v) is 4.06. The smallest absolute Gasteiger partial charge is 0.261 e. The number of nitrogens with zero attached hydrogens (tertiary/aromatic N) is 3. The molecule has 31 heavy (non-hydrogen) atoms. The van der Waals surface area contributed by atoms with E-state index >= 15 is 0 Å². The Labute approximate surface area is 184 Å². The Morgan fingerprint density at radius 3 is 2.74 bits per heavy atom. The van der Waals surface area contributed by atoms with Crippen molar-refractivity contribution in [2.45, 2.75) is 31.8 Å². The number of imidazole rings is 1. The number of H-pyrrole nitrogens is 1. The number of hydrogen-bond acceptors (Lipinski definition) is 5. The number of thioether (sulfide) groups is 1. The largest absolute Gasteiger partial charge is 0.346 e. The molecule has 2 aromatic heterocycles. The van der Waals surface area contributed by atoms with E-state index in [1.807, 2.05) is 48.7 Å². The maximum absolute atomic E-state index is 12.6. The molecule has 0 saturated carbocycles. The molecular weight excluding hydrogens is 410 g/mol. The lowest BCUT2D eigenvalue weighted by Crippen LogP contribution is -2.30. The number of aromatic amines is 1. The lowest BCUT2D eigenvalue weighted by atomic mass is 10.2. The normalized spacial score (nSPS) is 12.3. The van der Waals surface area contributed by atoms with E-state index in [4.69, 9.17) is 0 Å². The van der Waals surface area contributed by atoms with E-state index in [-0.39, 0.29) is 17.5 Å². The van der Waals surface area contributed by atoms with Gasteiger partial charge in [-0.3, -0.25) is 14.2 Å². The molecule has 0 saturated heterocycles. The number of para-hydroxylation sites is 3. The van der Waals surface area contributed by atoms with Gasteiger partial charge in [0.1, 0.15) is 5.82 Å². The van der Waals surface area contributed by atoms with Crippen LogP contribution in [0.3, 0.4) is 0 Å². The number of carbonyl (C=O) groups excluding carboxylic acids is 1. The Kier molecular flexibility index (Phi) is 6.66. The van der Waals surface area contributed by atoms with E-state index in [1.54, 1.807) is 28.7 Å². The molecule has 0 spiro atoms. The van der Waals surface area contributed by atoms with E-state index in [2.05, 4.69) is 20.3 Å². The van der Waals surface area contributed by atoms with Gasteiger partial charge in [-0.05, 0) is 49.1 Å². The zero-order chi connectivity index (χ0) is 21.6. The number of rotatable bonds is 9. The van der Waals surface area contributed by atoms with Gasteiger partial charge >= 0.3 is 0 Å². The van der Waals surface area contributed by atoms with Crippen molar-refractivity contribution in [3.63, 3.8) is 0 Å². The molecular formula is C23H25N5O2S. The zero-order valence-electron chi connectivity index (χ0n) is 17.4. The molecule has 2 heterocycles. The van der Waals surface area contributed by atoms with Crippen LogP contribution in [0.2, 0.25) is 0 Å². The Hall–Kier alpha value is -3.13. The maximum Gasteiger partial charge on any atom is 0.261 e. The van der Waals surface area contributed by atoms with Crippen LogP contribution < -0.4 is 10.9 Å². The van der Waals surface area contributed by atoms with Crippen molar-refractivity contribution in [1.82, 2.24) is 24.8 Å². The predicted molar refractivity (Wildman–Crippen MR) is 125 cm³/mol. The minimum Gasteiger partial charge on any atom is -0.346 e. The molecule has 0 unspecified atom stereocenters. The van der Waals surface area contributed by atoms with Gasteiger partial charge in [-0.15, -0.1) is 0 Å². The molecule has 2 aromatic carbocycles. The summed E-state index contributed by atoms with van der Waals surface area (Å²) in [6.07, 6.45) is 5.28. The Bertz CT molecular complexity index is 1220. The molecule has 0 aliphatic carbocycles. The van der Waals surface area contributed by atoms with Crippen LogP contribution in [0.5, 0.6) is 0 Å². The second-order valence-corrected chi connectivity index (χ2v) is 8.39. The molecule has 7 nitrogen and oxygen atoms in total. The van der Waals surface area contributed by atoms with E-state index < -0.39 is 0 Å². The first kappa shape index (κ1) is 21.1. The Balaban J connectivity index is 1.39. The molecule has 0 bridgehead atoms. The van der Waals surface area contributed by atoms with Crippen molar-refractivity contribution in [2.24, 2.45) is 0 Å². The number of benzene rings is 2. The number of fused-ring (bicyclic) bond motifs is 2. The van der Waals surface area contributed by atoms with Crippen LogP contribution in [0.25, 0.3) is 21.9 Å². The third-order valence-electron chi connectivity index (χ3n) is 5.22. The lowest BCUT2D eigenvalue weighted by Gasteiger charge is -2.16. The Morgan fingerprint density at radius 2 is 1.94 bits per heavy atom. The summed E-state index contributed by atoms with van der Waals surface area (Å²) < 4.78 is 1.57. The summed E-state index contributed by atoms with van der Waals surface area (Å²) in [7, 11) is 0. The van der Waals surface area contributed by atoms with Gasteiger partial charge in [0.2, 0.25) is 5.91 Å². The summed E-state index contributed by atoms with van der Waals surface area (Å²) >= 11 is 1.74. The van der Waals surface area contributed by atoms with Crippen molar-refractivity contribution in [2.75, 3.05) is 12.0 Å². The van der Waals surface area contributed by atoms with Crippen molar-refractivity contribution in [3.05, 3.63) is 71.0 Å². The first-order chi connectivity index (χ1) is 15.2. The first-order valence-corrected chi connectivity index (χ1v) is 11.7. The standard InChI is InChI=1S/C23H25N5O2S/c1-31-14-12-20(22-26-18-9-4-5-10-19(18)27-22)25-21(29)11-6-13-28-15-24-17-8-3-2-7-16(17)23(28)30/h2-5,7-10,15,20H,6,11-14H2,1H3,(H,25,29)(H,26,27)/t20-/m1/s1. The molecule has 8 heteroatoms. The first-order valence-electron chi connectivity index (χ1n) is 10.3. The van der Waals surface area contributed by atoms with Gasteiger partial charge in [0, 0.05) is 13.0 Å². The van der Waals surface area contributed by atoms with Gasteiger partial charge < -0.3 is 10.3 Å². The molecule has 160 valence electrons. The van der Waals surface area contributed by atoms with Crippen LogP contribution in [0.4, 0.5) is 0 Å². The van der Waals surface area contributed by atoms with Crippen molar-refractivity contribution >= 4 is 39.6 Å². The molecule has 0 aliphatic rings. The molecule has 1 amide bonds. The van der Waals surface area contributed by atoms with Crippen LogP contribution in [-0.2, 0) is 11.3 Å². The van der Waals surface area contributed by atoms with E-state index in [0.29, 0.717) is 30.3 Å². The van der Waals surface area contributed by atoms with Crippen molar-refractivity contribution < 1.29 is 4.79 Å². The summed E-state index contributed by atoms with van der Waals surface area (Å²) in [5.41, 5.74) is 2.46. The van der Waals surface area contributed by atoms with Gasteiger partial charge in [-0.25, -0.2) is 9.97 Å². The third-order valence-corrected chi connectivity index (χ3v) is 5.86. The highest BCUT2D eigenvalue weighted by atomic mass is 32.2. The van der Waals surface area contributed by atoms with Gasteiger partial charge in [-0.2, -0.15) is 11.8 Å². The third kappa shape index (κ3) is 4.96. The van der Waals surface area contributed by atoms with Crippen LogP contribution in [0, 0.1) is 0 Å². The van der Waals surface area contributed by atoms with Gasteiger partial charge in [0.05, 0.1) is 34.3 Å². The SMILES string of the molecule is CSCC[C@@H](NC(=O)CCCn1cnc2ccccc2c1=O)c1nc2ccccc2[nH]1. The van der Waals surface area contributed by atoms with Crippen molar-refractivity contribution in [3.8, 4) is 0 Å². The van der Waals surface area contributed by atoms with Crippen LogP contribution in [0.1, 0.15) is 31.1 Å². The number of aryl methyl sites for hydroxylation is 1. The van der Waals surface area contributed by atoms with Gasteiger partial charge in [0.25, 0.3) is 5.56 Å². The summed E-state index contributed by atoms with van der Waals surface area (Å²) in [5, 5.41) is 3.70. The number of nitrogens with one attached hydrogen (secondary N) is 2. The number of amides is 1. The molecule has 0 radical (unpaired) electrons. The summed E-state index contributed by atoms with van der Waals surface area (Å²) in [4.78, 5) is 37.5. The quantitative estimate of drug-likeness (QED) is 0.419. The fraction of sp³-hybridized carbons (Fsp3) is 0.304. The van der Waals surface area contributed by atoms with E-state index in [0.717, 1.165) is 29.0 Å². The van der Waals surface area contributed by atoms with Crippen LogP contribution in [0.15, 0.2) is 59.7 Å². The number of hydrogen-bond donors (Lipinski definition) is 2. The summed E-state index contributed by atoms with van der Waals surface area (Å²) in [6, 6.07) is 15.0. The second-order valence-electron chi connectivity index (χ2n) is 7.40. The lowest BCUT2D eigenvalue weighted by molar-refractivity contribution is -0.122. The number of aromatic nitrogens is 4. The molecule has 2 N–H and O–H groups in total. The average molecular weight is 436 g/mol. The fourth-order valence-electron chi connectivity index (χ4n) is 3.59. The predicted octanol–water partition coefficient (Wildman–Crippen LogP) is 3.66. The highest BCUT2D eigenvalue weighted by molar-refractivity contribution is 7.98. The molecule has 4 rings (SSSR count). The topological polar surface area (TPSA) is 92.7 Å². The van der Waals surface area contributed by atoms with Crippen LogP contribution in [-0.4, -0.2) is 37.4 Å². The minimum absolute atomic E-state index is 0.0478.